The minimum atomic E-state index is 0.109. The molecular formula is C14H20BrNO. The fourth-order valence-electron chi connectivity index (χ4n) is 1.82. The Kier molecular flexibility index (Phi) is 5.19. The third kappa shape index (κ3) is 3.84. The van der Waals surface area contributed by atoms with Crippen molar-refractivity contribution in [2.75, 3.05) is 18.5 Å². The summed E-state index contributed by atoms with van der Waals surface area (Å²) in [6.07, 6.45) is 1.15. The van der Waals surface area contributed by atoms with Gasteiger partial charge in [-0.2, -0.15) is 0 Å². The highest BCUT2D eigenvalue weighted by atomic mass is 79.9. The number of rotatable bonds is 5. The van der Waals surface area contributed by atoms with Crippen LogP contribution in [0.2, 0.25) is 0 Å². The van der Waals surface area contributed by atoms with Gasteiger partial charge in [-0.3, -0.25) is 4.79 Å². The van der Waals surface area contributed by atoms with Gasteiger partial charge in [0.15, 0.2) is 5.78 Å². The summed E-state index contributed by atoms with van der Waals surface area (Å²) in [7, 11) is 2.04. The Morgan fingerprint density at radius 3 is 2.65 bits per heavy atom. The molecule has 0 aliphatic rings. The van der Waals surface area contributed by atoms with Crippen LogP contribution in [-0.4, -0.2) is 19.4 Å². The van der Waals surface area contributed by atoms with E-state index in [2.05, 4.69) is 34.7 Å². The number of anilines is 1. The third-order valence-corrected chi connectivity index (χ3v) is 3.52. The molecule has 0 N–H and O–H groups in total. The monoisotopic (exact) mass is 297 g/mol. The van der Waals surface area contributed by atoms with Gasteiger partial charge in [-0.25, -0.2) is 0 Å². The lowest BCUT2D eigenvalue weighted by molar-refractivity contribution is 0.101. The Morgan fingerprint density at radius 1 is 1.47 bits per heavy atom. The van der Waals surface area contributed by atoms with E-state index in [4.69, 9.17) is 0 Å². The van der Waals surface area contributed by atoms with Crippen molar-refractivity contribution in [3.63, 3.8) is 0 Å². The highest BCUT2D eigenvalue weighted by Gasteiger charge is 2.13. The molecule has 0 radical (unpaired) electrons. The van der Waals surface area contributed by atoms with E-state index in [1.54, 1.807) is 6.92 Å². The molecule has 94 valence electrons. The fourth-order valence-corrected chi connectivity index (χ4v) is 2.18. The number of nitrogens with zero attached hydrogens (tertiary/aromatic N) is 1. The lowest BCUT2D eigenvalue weighted by Gasteiger charge is -2.24. The fraction of sp³-hybridized carbons (Fsp3) is 0.500. The number of benzene rings is 1. The molecule has 0 spiro atoms. The number of hydrogen-bond donors (Lipinski definition) is 0. The van der Waals surface area contributed by atoms with Crippen molar-refractivity contribution in [3.05, 3.63) is 28.2 Å². The van der Waals surface area contributed by atoms with Gasteiger partial charge >= 0.3 is 0 Å². The molecule has 1 aromatic rings. The van der Waals surface area contributed by atoms with Crippen molar-refractivity contribution in [3.8, 4) is 0 Å². The number of carbonyl (C=O) groups is 1. The van der Waals surface area contributed by atoms with Gasteiger partial charge in [0, 0.05) is 29.3 Å². The Bertz CT molecular complexity index is 403. The zero-order chi connectivity index (χ0) is 13.0. The molecule has 0 saturated heterocycles. The van der Waals surface area contributed by atoms with Crippen LogP contribution in [0.3, 0.4) is 0 Å². The number of hydrogen-bond acceptors (Lipinski definition) is 2. The number of Topliss-reactive ketones (excluding diaryl/α,β-unsaturated/α-hetero) is 1. The maximum atomic E-state index is 11.6. The summed E-state index contributed by atoms with van der Waals surface area (Å²) < 4.78 is 0.948. The van der Waals surface area contributed by atoms with E-state index < -0.39 is 0 Å². The second kappa shape index (κ2) is 6.20. The molecule has 0 saturated carbocycles. The van der Waals surface area contributed by atoms with Gasteiger partial charge in [-0.05, 0) is 31.0 Å². The van der Waals surface area contributed by atoms with Crippen LogP contribution in [0.25, 0.3) is 0 Å². The quantitative estimate of drug-likeness (QED) is 0.762. The Morgan fingerprint density at radius 2 is 2.12 bits per heavy atom. The average molecular weight is 298 g/mol. The van der Waals surface area contributed by atoms with E-state index in [9.17, 15) is 4.79 Å². The number of carbonyl (C=O) groups excluding carboxylic acids is 1. The summed E-state index contributed by atoms with van der Waals surface area (Å²) in [5, 5.41) is 0. The highest BCUT2D eigenvalue weighted by molar-refractivity contribution is 9.10. The van der Waals surface area contributed by atoms with Crippen molar-refractivity contribution in [2.45, 2.75) is 27.2 Å². The molecule has 1 aromatic carbocycles. The minimum absolute atomic E-state index is 0.109. The van der Waals surface area contributed by atoms with E-state index in [0.29, 0.717) is 5.92 Å². The second-order valence-electron chi connectivity index (χ2n) is 4.61. The molecule has 0 bridgehead atoms. The van der Waals surface area contributed by atoms with Gasteiger partial charge in [0.25, 0.3) is 0 Å². The smallest absolute Gasteiger partial charge is 0.161 e. The van der Waals surface area contributed by atoms with Crippen LogP contribution in [0.1, 0.15) is 37.6 Å². The summed E-state index contributed by atoms with van der Waals surface area (Å²) in [6.45, 7) is 7.00. The minimum Gasteiger partial charge on any atom is -0.374 e. The lowest BCUT2D eigenvalue weighted by Crippen LogP contribution is -2.25. The molecule has 0 heterocycles. The standard InChI is InChI=1S/C14H20BrNO/c1-5-10(2)9-16(4)14-7-6-12(15)8-13(14)11(3)17/h6-8,10H,5,9H2,1-4H3. The van der Waals surface area contributed by atoms with Gasteiger partial charge in [0.1, 0.15) is 0 Å². The SMILES string of the molecule is CCC(C)CN(C)c1ccc(Br)cc1C(C)=O. The van der Waals surface area contributed by atoms with Crippen molar-refractivity contribution in [1.29, 1.82) is 0 Å². The maximum absolute atomic E-state index is 11.6. The second-order valence-corrected chi connectivity index (χ2v) is 5.53. The van der Waals surface area contributed by atoms with Gasteiger partial charge in [0.05, 0.1) is 0 Å². The first-order chi connectivity index (χ1) is 7.95. The Hall–Kier alpha value is -0.830. The topological polar surface area (TPSA) is 20.3 Å². The van der Waals surface area contributed by atoms with Crippen molar-refractivity contribution in [1.82, 2.24) is 0 Å². The molecule has 0 aliphatic carbocycles. The maximum Gasteiger partial charge on any atom is 0.161 e. The summed E-state index contributed by atoms with van der Waals surface area (Å²) in [5.74, 6) is 0.737. The molecule has 2 nitrogen and oxygen atoms in total. The van der Waals surface area contributed by atoms with Crippen LogP contribution >= 0.6 is 15.9 Å². The summed E-state index contributed by atoms with van der Waals surface area (Å²) in [6, 6.07) is 5.88. The van der Waals surface area contributed by atoms with E-state index in [1.165, 1.54) is 0 Å². The van der Waals surface area contributed by atoms with Crippen LogP contribution < -0.4 is 4.90 Å². The van der Waals surface area contributed by atoms with Crippen molar-refractivity contribution in [2.24, 2.45) is 5.92 Å². The van der Waals surface area contributed by atoms with Crippen LogP contribution in [0.15, 0.2) is 22.7 Å². The van der Waals surface area contributed by atoms with Crippen LogP contribution in [0.5, 0.6) is 0 Å². The largest absolute Gasteiger partial charge is 0.374 e. The number of halogens is 1. The summed E-state index contributed by atoms with van der Waals surface area (Å²) in [5.41, 5.74) is 1.80. The summed E-state index contributed by atoms with van der Waals surface area (Å²) >= 11 is 3.41. The van der Waals surface area contributed by atoms with Gasteiger partial charge in [-0.15, -0.1) is 0 Å². The third-order valence-electron chi connectivity index (χ3n) is 3.03. The highest BCUT2D eigenvalue weighted by Crippen LogP contribution is 2.25. The Labute approximate surface area is 112 Å². The first-order valence-corrected chi connectivity index (χ1v) is 6.76. The van der Waals surface area contributed by atoms with E-state index in [-0.39, 0.29) is 5.78 Å². The molecule has 0 aromatic heterocycles. The molecule has 1 rings (SSSR count). The normalized spacial score (nSPS) is 12.3. The van der Waals surface area contributed by atoms with Crippen LogP contribution in [-0.2, 0) is 0 Å². The first-order valence-electron chi connectivity index (χ1n) is 5.97. The van der Waals surface area contributed by atoms with Crippen LogP contribution in [0.4, 0.5) is 5.69 Å². The lowest BCUT2D eigenvalue weighted by atomic mass is 10.1. The Balaban J connectivity index is 3.00. The molecule has 1 atom stereocenters. The average Bonchev–Trinajstić information content (AvgIpc) is 2.28. The van der Waals surface area contributed by atoms with E-state index >= 15 is 0 Å². The summed E-state index contributed by atoms with van der Waals surface area (Å²) in [4.78, 5) is 13.8. The van der Waals surface area contributed by atoms with Crippen molar-refractivity contribution >= 4 is 27.4 Å². The molecule has 17 heavy (non-hydrogen) atoms. The van der Waals surface area contributed by atoms with Gasteiger partial charge < -0.3 is 4.90 Å². The van der Waals surface area contributed by atoms with E-state index in [0.717, 1.165) is 28.7 Å². The number of ketones is 1. The predicted molar refractivity (Wildman–Crippen MR) is 76.9 cm³/mol. The van der Waals surface area contributed by atoms with Crippen LogP contribution in [0, 0.1) is 5.92 Å². The molecule has 3 heteroatoms. The predicted octanol–water partition coefficient (Wildman–Crippen LogP) is 4.13. The molecule has 0 fully saturated rings. The molecule has 1 unspecified atom stereocenters. The molecule has 0 aliphatic heterocycles. The first kappa shape index (κ1) is 14.2. The van der Waals surface area contributed by atoms with E-state index in [1.807, 2.05) is 25.2 Å². The molecular weight excluding hydrogens is 278 g/mol. The zero-order valence-corrected chi connectivity index (χ0v) is 12.5. The van der Waals surface area contributed by atoms with Gasteiger partial charge in [0.2, 0.25) is 0 Å². The zero-order valence-electron chi connectivity index (χ0n) is 11.0. The van der Waals surface area contributed by atoms with Crippen molar-refractivity contribution < 1.29 is 4.79 Å². The van der Waals surface area contributed by atoms with Gasteiger partial charge in [-0.1, -0.05) is 36.2 Å². The molecule has 0 amide bonds.